The predicted octanol–water partition coefficient (Wildman–Crippen LogP) is 2.19. The molecular weight excluding hydrogens is 350 g/mol. The second kappa shape index (κ2) is 8.84. The topological polar surface area (TPSA) is 114 Å². The van der Waals surface area contributed by atoms with E-state index in [1.54, 1.807) is 26.8 Å². The Balaban J connectivity index is 3.01. The number of thioether (sulfide) groups is 1. The Kier molecular flexibility index (Phi) is 7.40. The minimum Gasteiger partial charge on any atom is -0.457 e. The minimum atomic E-state index is -1.12. The van der Waals surface area contributed by atoms with Gasteiger partial charge < -0.3 is 14.2 Å². The number of ether oxygens (including phenoxy) is 3. The lowest BCUT2D eigenvalue weighted by Crippen LogP contribution is -2.33. The monoisotopic (exact) mass is 371 g/mol. The van der Waals surface area contributed by atoms with Gasteiger partial charge in [0.05, 0.1) is 0 Å². The van der Waals surface area contributed by atoms with Gasteiger partial charge in [-0.25, -0.2) is 10.7 Å². The Morgan fingerprint density at radius 1 is 1.04 bits per heavy atom. The van der Waals surface area contributed by atoms with E-state index in [4.69, 9.17) is 20.1 Å². The average molecular weight is 371 g/mol. The van der Waals surface area contributed by atoms with Crippen LogP contribution in [0.15, 0.2) is 23.1 Å². The first-order chi connectivity index (χ1) is 11.5. The molecule has 1 aromatic rings. The Morgan fingerprint density at radius 3 is 2.08 bits per heavy atom. The molecule has 138 valence electrons. The van der Waals surface area contributed by atoms with Crippen LogP contribution in [0.3, 0.4) is 0 Å². The molecule has 0 aliphatic rings. The van der Waals surface area contributed by atoms with Crippen molar-refractivity contribution in [2.45, 2.75) is 50.6 Å². The first kappa shape index (κ1) is 20.9. The van der Waals surface area contributed by atoms with Crippen LogP contribution in [-0.4, -0.2) is 28.9 Å². The normalized spacial score (nSPS) is 12.2. The van der Waals surface area contributed by atoms with E-state index in [2.05, 4.69) is 4.84 Å². The van der Waals surface area contributed by atoms with Gasteiger partial charge in [-0.1, -0.05) is 11.8 Å². The van der Waals surface area contributed by atoms with Crippen molar-refractivity contribution >= 4 is 29.7 Å². The fourth-order valence-corrected chi connectivity index (χ4v) is 2.41. The summed E-state index contributed by atoms with van der Waals surface area (Å²) >= 11 is 0.953. The molecule has 0 aromatic heterocycles. The van der Waals surface area contributed by atoms with Crippen molar-refractivity contribution in [2.75, 3.05) is 0 Å². The molecule has 0 aliphatic heterocycles. The fourth-order valence-electron chi connectivity index (χ4n) is 1.64. The van der Waals surface area contributed by atoms with E-state index in [1.807, 2.05) is 0 Å². The number of carbonyl (C=O) groups excluding carboxylic acids is 3. The highest BCUT2D eigenvalue weighted by Gasteiger charge is 2.27. The quantitative estimate of drug-likeness (QED) is 0.264. The summed E-state index contributed by atoms with van der Waals surface area (Å²) in [4.78, 5) is 39.6. The van der Waals surface area contributed by atoms with Crippen molar-refractivity contribution < 1.29 is 33.4 Å². The third-order valence-corrected chi connectivity index (χ3v) is 3.43. The van der Waals surface area contributed by atoms with Crippen molar-refractivity contribution in [2.24, 2.45) is 5.90 Å². The zero-order valence-electron chi connectivity index (χ0n) is 14.7. The van der Waals surface area contributed by atoms with E-state index in [-0.39, 0.29) is 11.5 Å². The van der Waals surface area contributed by atoms with Crippen molar-refractivity contribution in [3.05, 3.63) is 18.2 Å². The second-order valence-electron chi connectivity index (χ2n) is 5.92. The maximum absolute atomic E-state index is 12.1. The van der Waals surface area contributed by atoms with Gasteiger partial charge in [-0.2, -0.15) is 0 Å². The molecule has 0 bridgehead atoms. The predicted molar refractivity (Wildman–Crippen MR) is 89.8 cm³/mol. The summed E-state index contributed by atoms with van der Waals surface area (Å²) < 4.78 is 15.2. The van der Waals surface area contributed by atoms with E-state index < -0.39 is 28.9 Å². The van der Waals surface area contributed by atoms with Crippen LogP contribution in [0.2, 0.25) is 0 Å². The molecule has 2 N–H and O–H groups in total. The Bertz CT molecular complexity index is 654. The molecular formula is C16H21NO7S. The lowest BCUT2D eigenvalue weighted by molar-refractivity contribution is -0.162. The van der Waals surface area contributed by atoms with E-state index in [0.717, 1.165) is 11.8 Å². The van der Waals surface area contributed by atoms with Gasteiger partial charge in [0.2, 0.25) is 5.44 Å². The molecule has 0 heterocycles. The van der Waals surface area contributed by atoms with Crippen LogP contribution < -0.4 is 15.4 Å². The summed E-state index contributed by atoms with van der Waals surface area (Å²) in [6.07, 6.45) is 0. The molecule has 1 aromatic carbocycles. The van der Waals surface area contributed by atoms with Gasteiger partial charge in [0.25, 0.3) is 0 Å². The highest BCUT2D eigenvalue weighted by atomic mass is 32.2. The molecule has 0 saturated heterocycles. The number of nitrogens with two attached hydrogens (primary N) is 1. The molecule has 0 radical (unpaired) electrons. The molecule has 25 heavy (non-hydrogen) atoms. The fraction of sp³-hybridized carbons (Fsp3) is 0.438. The van der Waals surface area contributed by atoms with E-state index >= 15 is 0 Å². The molecule has 9 heteroatoms. The first-order valence-corrected chi connectivity index (χ1v) is 8.15. The first-order valence-electron chi connectivity index (χ1n) is 7.28. The molecule has 0 amide bonds. The SMILES string of the molecule is CC(=O)Oc1ccc(SC(ON)C(=O)OC(C)(C)C)cc1OC(C)=O. The van der Waals surface area contributed by atoms with Gasteiger partial charge in [-0.3, -0.25) is 14.4 Å². The van der Waals surface area contributed by atoms with Crippen LogP contribution in [0, 0.1) is 0 Å². The summed E-state index contributed by atoms with van der Waals surface area (Å²) in [5, 5.41) is 0. The second-order valence-corrected chi connectivity index (χ2v) is 7.05. The number of esters is 3. The van der Waals surface area contributed by atoms with Gasteiger partial charge in [0.15, 0.2) is 11.5 Å². The molecule has 0 aliphatic carbocycles. The van der Waals surface area contributed by atoms with Crippen LogP contribution in [-0.2, 0) is 24.0 Å². The maximum Gasteiger partial charge on any atom is 0.348 e. The summed E-state index contributed by atoms with van der Waals surface area (Å²) in [7, 11) is 0. The van der Waals surface area contributed by atoms with Gasteiger partial charge in [0.1, 0.15) is 5.60 Å². The Hall–Kier alpha value is -2.10. The van der Waals surface area contributed by atoms with Crippen LogP contribution >= 0.6 is 11.8 Å². The summed E-state index contributed by atoms with van der Waals surface area (Å²) in [6, 6.07) is 4.43. The highest BCUT2D eigenvalue weighted by Crippen LogP contribution is 2.35. The number of benzene rings is 1. The largest absolute Gasteiger partial charge is 0.457 e. The number of rotatable bonds is 6. The standard InChI is InChI=1S/C16H21NO7S/c1-9(18)21-12-7-6-11(8-13(12)22-10(2)19)25-15(24-17)14(20)23-16(3,4)5/h6-8,15H,17H2,1-5H3. The Labute approximate surface area is 149 Å². The van der Waals surface area contributed by atoms with E-state index in [1.165, 1.54) is 26.0 Å². The molecule has 0 fully saturated rings. The highest BCUT2D eigenvalue weighted by molar-refractivity contribution is 8.00. The van der Waals surface area contributed by atoms with Crippen LogP contribution in [0.25, 0.3) is 0 Å². The lowest BCUT2D eigenvalue weighted by atomic mass is 10.2. The van der Waals surface area contributed by atoms with Crippen molar-refractivity contribution in [3.8, 4) is 11.5 Å². The van der Waals surface area contributed by atoms with Gasteiger partial charge in [-0.05, 0) is 39.0 Å². The van der Waals surface area contributed by atoms with E-state index in [0.29, 0.717) is 4.90 Å². The molecule has 1 rings (SSSR count). The van der Waals surface area contributed by atoms with Crippen LogP contribution in [0.1, 0.15) is 34.6 Å². The van der Waals surface area contributed by atoms with Crippen LogP contribution in [0.5, 0.6) is 11.5 Å². The van der Waals surface area contributed by atoms with Crippen molar-refractivity contribution in [1.29, 1.82) is 0 Å². The molecule has 0 saturated carbocycles. The summed E-state index contributed by atoms with van der Waals surface area (Å²) in [5.74, 6) is 3.48. The van der Waals surface area contributed by atoms with Gasteiger partial charge >= 0.3 is 17.9 Å². The summed E-state index contributed by atoms with van der Waals surface area (Å²) in [5.41, 5.74) is -1.82. The van der Waals surface area contributed by atoms with E-state index in [9.17, 15) is 14.4 Å². The van der Waals surface area contributed by atoms with Gasteiger partial charge in [-0.15, -0.1) is 0 Å². The molecule has 0 spiro atoms. The average Bonchev–Trinajstić information content (AvgIpc) is 2.44. The number of hydrogen-bond donors (Lipinski definition) is 1. The zero-order valence-corrected chi connectivity index (χ0v) is 15.5. The number of hydrogen-bond acceptors (Lipinski definition) is 9. The molecule has 8 nitrogen and oxygen atoms in total. The number of carbonyl (C=O) groups is 3. The molecule has 1 atom stereocenters. The third-order valence-electron chi connectivity index (χ3n) is 2.39. The molecule has 1 unspecified atom stereocenters. The van der Waals surface area contributed by atoms with Crippen LogP contribution in [0.4, 0.5) is 0 Å². The van der Waals surface area contributed by atoms with Gasteiger partial charge in [0, 0.05) is 18.7 Å². The minimum absolute atomic E-state index is 0.0349. The lowest BCUT2D eigenvalue weighted by Gasteiger charge is -2.22. The van der Waals surface area contributed by atoms with Crippen molar-refractivity contribution in [3.63, 3.8) is 0 Å². The zero-order chi connectivity index (χ0) is 19.2. The smallest absolute Gasteiger partial charge is 0.348 e. The third kappa shape index (κ3) is 7.55. The summed E-state index contributed by atoms with van der Waals surface area (Å²) in [6.45, 7) is 7.59. The Morgan fingerprint density at radius 2 is 1.60 bits per heavy atom. The van der Waals surface area contributed by atoms with Crippen molar-refractivity contribution in [1.82, 2.24) is 0 Å². The maximum atomic E-state index is 12.1.